The van der Waals surface area contributed by atoms with Crippen molar-refractivity contribution in [2.45, 2.75) is 19.3 Å². The molecular weight excluding hydrogens is 216 g/mol. The third kappa shape index (κ3) is 1.33. The van der Waals surface area contributed by atoms with E-state index in [0.717, 1.165) is 11.1 Å². The SMILES string of the molecule is CC1CCNc2ccc(Br)nc21. The molecule has 1 atom stereocenters. The van der Waals surface area contributed by atoms with Crippen LogP contribution in [0.25, 0.3) is 0 Å². The van der Waals surface area contributed by atoms with Gasteiger partial charge in [0, 0.05) is 12.5 Å². The van der Waals surface area contributed by atoms with Gasteiger partial charge in [-0.25, -0.2) is 4.98 Å². The fourth-order valence-electron chi connectivity index (χ4n) is 1.54. The van der Waals surface area contributed by atoms with Crippen LogP contribution in [0.5, 0.6) is 0 Å². The number of hydrogen-bond donors (Lipinski definition) is 1. The Morgan fingerprint density at radius 3 is 3.25 bits per heavy atom. The minimum Gasteiger partial charge on any atom is -0.384 e. The molecule has 0 fully saturated rings. The van der Waals surface area contributed by atoms with Crippen molar-refractivity contribution in [3.8, 4) is 0 Å². The topological polar surface area (TPSA) is 24.9 Å². The molecule has 3 heteroatoms. The third-order valence-corrected chi connectivity index (χ3v) is 2.69. The van der Waals surface area contributed by atoms with Crippen LogP contribution in [0.3, 0.4) is 0 Å². The molecule has 2 rings (SSSR count). The number of pyridine rings is 1. The number of anilines is 1. The molecular formula is C9H11BrN2. The molecule has 1 aromatic rings. The fraction of sp³-hybridized carbons (Fsp3) is 0.444. The molecule has 2 nitrogen and oxygen atoms in total. The van der Waals surface area contributed by atoms with E-state index < -0.39 is 0 Å². The van der Waals surface area contributed by atoms with Crippen molar-refractivity contribution in [3.05, 3.63) is 22.4 Å². The molecule has 0 radical (unpaired) electrons. The van der Waals surface area contributed by atoms with Gasteiger partial charge in [0.25, 0.3) is 0 Å². The Balaban J connectivity index is 2.47. The molecule has 1 aromatic heterocycles. The van der Waals surface area contributed by atoms with E-state index in [4.69, 9.17) is 0 Å². The first-order chi connectivity index (χ1) is 5.77. The fourth-order valence-corrected chi connectivity index (χ4v) is 1.86. The molecule has 0 amide bonds. The van der Waals surface area contributed by atoms with Crippen molar-refractivity contribution in [1.82, 2.24) is 4.98 Å². The van der Waals surface area contributed by atoms with Crippen LogP contribution in [0.2, 0.25) is 0 Å². The molecule has 0 saturated heterocycles. The number of nitrogens with zero attached hydrogens (tertiary/aromatic N) is 1. The summed E-state index contributed by atoms with van der Waals surface area (Å²) in [5, 5.41) is 3.34. The highest BCUT2D eigenvalue weighted by atomic mass is 79.9. The molecule has 0 aromatic carbocycles. The monoisotopic (exact) mass is 226 g/mol. The smallest absolute Gasteiger partial charge is 0.106 e. The van der Waals surface area contributed by atoms with Gasteiger partial charge in [0.05, 0.1) is 11.4 Å². The normalized spacial score (nSPS) is 21.3. The van der Waals surface area contributed by atoms with Crippen LogP contribution in [0.1, 0.15) is 25.0 Å². The van der Waals surface area contributed by atoms with Crippen LogP contribution in [-0.4, -0.2) is 11.5 Å². The zero-order valence-electron chi connectivity index (χ0n) is 6.97. The van der Waals surface area contributed by atoms with Crippen LogP contribution in [0.4, 0.5) is 5.69 Å². The molecule has 64 valence electrons. The highest BCUT2D eigenvalue weighted by Crippen LogP contribution is 2.30. The Kier molecular flexibility index (Phi) is 2.05. The molecule has 1 aliphatic heterocycles. The van der Waals surface area contributed by atoms with Crippen LogP contribution < -0.4 is 5.32 Å². The first-order valence-corrected chi connectivity index (χ1v) is 4.97. The van der Waals surface area contributed by atoms with Crippen molar-refractivity contribution in [2.24, 2.45) is 0 Å². The minimum absolute atomic E-state index is 0.582. The van der Waals surface area contributed by atoms with Crippen LogP contribution in [-0.2, 0) is 0 Å². The molecule has 2 heterocycles. The predicted molar refractivity (Wildman–Crippen MR) is 53.5 cm³/mol. The van der Waals surface area contributed by atoms with Gasteiger partial charge in [-0.3, -0.25) is 0 Å². The van der Waals surface area contributed by atoms with Gasteiger partial charge in [-0.2, -0.15) is 0 Å². The van der Waals surface area contributed by atoms with Crippen molar-refractivity contribution < 1.29 is 0 Å². The maximum absolute atomic E-state index is 4.45. The second kappa shape index (κ2) is 3.05. The number of fused-ring (bicyclic) bond motifs is 1. The predicted octanol–water partition coefficient (Wildman–Crippen LogP) is 2.76. The molecule has 1 N–H and O–H groups in total. The van der Waals surface area contributed by atoms with Crippen LogP contribution in [0, 0.1) is 0 Å². The minimum atomic E-state index is 0.582. The molecule has 0 bridgehead atoms. The van der Waals surface area contributed by atoms with Gasteiger partial charge in [-0.15, -0.1) is 0 Å². The second-order valence-electron chi connectivity index (χ2n) is 3.18. The van der Waals surface area contributed by atoms with Gasteiger partial charge in [0.2, 0.25) is 0 Å². The molecule has 0 spiro atoms. The average Bonchev–Trinajstić information content (AvgIpc) is 2.07. The third-order valence-electron chi connectivity index (χ3n) is 2.25. The highest BCUT2D eigenvalue weighted by molar-refractivity contribution is 9.10. The zero-order valence-corrected chi connectivity index (χ0v) is 8.56. The van der Waals surface area contributed by atoms with Gasteiger partial charge >= 0.3 is 0 Å². The second-order valence-corrected chi connectivity index (χ2v) is 4.00. The van der Waals surface area contributed by atoms with Crippen LogP contribution in [0.15, 0.2) is 16.7 Å². The molecule has 1 unspecified atom stereocenters. The summed E-state index contributed by atoms with van der Waals surface area (Å²) in [5.41, 5.74) is 2.38. The van der Waals surface area contributed by atoms with Crippen molar-refractivity contribution in [3.63, 3.8) is 0 Å². The molecule has 12 heavy (non-hydrogen) atoms. The maximum Gasteiger partial charge on any atom is 0.106 e. The highest BCUT2D eigenvalue weighted by Gasteiger charge is 2.16. The standard InChI is InChI=1S/C9H11BrN2/c1-6-4-5-11-7-2-3-8(10)12-9(6)7/h2-3,6,11H,4-5H2,1H3. The van der Waals surface area contributed by atoms with E-state index in [1.165, 1.54) is 17.8 Å². The zero-order chi connectivity index (χ0) is 8.55. The van der Waals surface area contributed by atoms with E-state index in [9.17, 15) is 0 Å². The van der Waals surface area contributed by atoms with E-state index in [-0.39, 0.29) is 0 Å². The van der Waals surface area contributed by atoms with Crippen molar-refractivity contribution in [2.75, 3.05) is 11.9 Å². The summed E-state index contributed by atoms with van der Waals surface area (Å²) in [4.78, 5) is 4.45. The van der Waals surface area contributed by atoms with Gasteiger partial charge in [0.1, 0.15) is 4.60 Å². The lowest BCUT2D eigenvalue weighted by molar-refractivity contribution is 0.660. The van der Waals surface area contributed by atoms with Gasteiger partial charge < -0.3 is 5.32 Å². The Bertz CT molecular complexity index is 299. The first kappa shape index (κ1) is 8.05. The first-order valence-electron chi connectivity index (χ1n) is 4.17. The summed E-state index contributed by atoms with van der Waals surface area (Å²) in [6.45, 7) is 3.29. The molecule has 0 aliphatic carbocycles. The van der Waals surface area contributed by atoms with Crippen molar-refractivity contribution >= 4 is 21.6 Å². The Morgan fingerprint density at radius 2 is 2.42 bits per heavy atom. The van der Waals surface area contributed by atoms with Gasteiger partial charge in [-0.1, -0.05) is 6.92 Å². The lowest BCUT2D eigenvalue weighted by Gasteiger charge is -2.22. The van der Waals surface area contributed by atoms with E-state index in [0.29, 0.717) is 5.92 Å². The summed E-state index contributed by atoms with van der Waals surface area (Å²) in [6.07, 6.45) is 1.18. The maximum atomic E-state index is 4.45. The number of aromatic nitrogens is 1. The van der Waals surface area contributed by atoms with Crippen molar-refractivity contribution in [1.29, 1.82) is 0 Å². The van der Waals surface area contributed by atoms with E-state index >= 15 is 0 Å². The van der Waals surface area contributed by atoms with Gasteiger partial charge in [0.15, 0.2) is 0 Å². The molecule has 1 aliphatic rings. The van der Waals surface area contributed by atoms with Crippen LogP contribution >= 0.6 is 15.9 Å². The average molecular weight is 227 g/mol. The van der Waals surface area contributed by atoms with E-state index in [2.05, 4.69) is 39.2 Å². The summed E-state index contributed by atoms with van der Waals surface area (Å²) in [7, 11) is 0. The number of rotatable bonds is 0. The van der Waals surface area contributed by atoms with Gasteiger partial charge in [-0.05, 0) is 34.5 Å². The Hall–Kier alpha value is -0.570. The molecule has 0 saturated carbocycles. The Morgan fingerprint density at radius 1 is 1.58 bits per heavy atom. The lowest BCUT2D eigenvalue weighted by atomic mass is 9.98. The summed E-state index contributed by atoms with van der Waals surface area (Å²) in [5.74, 6) is 0.582. The van der Waals surface area contributed by atoms with E-state index in [1.807, 2.05) is 6.07 Å². The number of nitrogens with one attached hydrogen (secondary N) is 1. The number of halogens is 1. The van der Waals surface area contributed by atoms with E-state index in [1.54, 1.807) is 0 Å². The largest absolute Gasteiger partial charge is 0.384 e. The summed E-state index contributed by atoms with van der Waals surface area (Å²) in [6, 6.07) is 4.06. The Labute approximate surface area is 80.5 Å². The quantitative estimate of drug-likeness (QED) is 0.689. The lowest BCUT2D eigenvalue weighted by Crippen LogP contribution is -2.16. The summed E-state index contributed by atoms with van der Waals surface area (Å²) < 4.78 is 0.928. The summed E-state index contributed by atoms with van der Waals surface area (Å²) >= 11 is 3.38. The number of hydrogen-bond acceptors (Lipinski definition) is 2.